The number of thioether (sulfide) groups is 2. The third-order valence-corrected chi connectivity index (χ3v) is 3.78. The normalized spacial score (nSPS) is 11.1. The number of nitrogens with one attached hydrogen (secondary N) is 1. The zero-order valence-electron chi connectivity index (χ0n) is 8.84. The standard InChI is InChI=1S/C9H12N4S3/c1-14-9(12-7-10)11-3-5-15-6-8-2-4-16-13-8/h2,4H,3,5-6H2,1H3,(H,11,12). The van der Waals surface area contributed by atoms with Crippen LogP contribution in [0.2, 0.25) is 0 Å². The Morgan fingerprint density at radius 3 is 3.25 bits per heavy atom. The maximum atomic E-state index is 8.43. The molecule has 0 aliphatic carbocycles. The van der Waals surface area contributed by atoms with Crippen molar-refractivity contribution in [3.63, 3.8) is 0 Å². The fraction of sp³-hybridized carbons (Fsp3) is 0.444. The van der Waals surface area contributed by atoms with E-state index in [2.05, 4.69) is 14.7 Å². The zero-order chi connectivity index (χ0) is 11.6. The first-order chi connectivity index (χ1) is 7.86. The van der Waals surface area contributed by atoms with E-state index in [0.717, 1.165) is 23.7 Å². The molecule has 86 valence electrons. The maximum absolute atomic E-state index is 8.43. The first-order valence-corrected chi connectivity index (χ1v) is 7.79. The van der Waals surface area contributed by atoms with Crippen LogP contribution in [0.3, 0.4) is 0 Å². The van der Waals surface area contributed by atoms with Crippen molar-refractivity contribution in [2.45, 2.75) is 5.75 Å². The molecular weight excluding hydrogens is 260 g/mol. The van der Waals surface area contributed by atoms with Gasteiger partial charge in [-0.25, -0.2) is 0 Å². The predicted octanol–water partition coefficient (Wildman–Crippen LogP) is 2.17. The van der Waals surface area contributed by atoms with E-state index in [9.17, 15) is 0 Å². The summed E-state index contributed by atoms with van der Waals surface area (Å²) in [6.07, 6.45) is 3.76. The molecule has 0 amide bonds. The van der Waals surface area contributed by atoms with Crippen LogP contribution in [0, 0.1) is 11.5 Å². The Kier molecular flexibility index (Phi) is 7.05. The van der Waals surface area contributed by atoms with Crippen molar-refractivity contribution in [1.82, 2.24) is 9.69 Å². The molecule has 0 atom stereocenters. The molecule has 1 N–H and O–H groups in total. The minimum absolute atomic E-state index is 0.678. The molecule has 0 fully saturated rings. The zero-order valence-corrected chi connectivity index (χ0v) is 11.3. The van der Waals surface area contributed by atoms with Crippen molar-refractivity contribution in [2.24, 2.45) is 4.99 Å². The Morgan fingerprint density at radius 1 is 1.75 bits per heavy atom. The van der Waals surface area contributed by atoms with Gasteiger partial charge in [-0.2, -0.15) is 21.4 Å². The molecule has 0 aliphatic rings. The highest BCUT2D eigenvalue weighted by atomic mass is 32.2. The number of hydrogen-bond donors (Lipinski definition) is 1. The van der Waals surface area contributed by atoms with E-state index in [1.54, 1.807) is 11.8 Å². The van der Waals surface area contributed by atoms with Crippen LogP contribution in [0.1, 0.15) is 5.69 Å². The van der Waals surface area contributed by atoms with Gasteiger partial charge in [0, 0.05) is 16.9 Å². The second-order valence-electron chi connectivity index (χ2n) is 2.67. The van der Waals surface area contributed by atoms with Gasteiger partial charge < -0.3 is 0 Å². The predicted molar refractivity (Wildman–Crippen MR) is 72.8 cm³/mol. The lowest BCUT2D eigenvalue weighted by Crippen LogP contribution is -2.13. The highest BCUT2D eigenvalue weighted by molar-refractivity contribution is 8.13. The quantitative estimate of drug-likeness (QED) is 0.293. The van der Waals surface area contributed by atoms with Crippen molar-refractivity contribution in [3.05, 3.63) is 17.1 Å². The molecule has 0 aliphatic heterocycles. The van der Waals surface area contributed by atoms with Crippen molar-refractivity contribution < 1.29 is 0 Å². The summed E-state index contributed by atoms with van der Waals surface area (Å²) in [7, 11) is 0. The Hall–Kier alpha value is -0.710. The number of aromatic nitrogens is 1. The summed E-state index contributed by atoms with van der Waals surface area (Å²) in [5.41, 5.74) is 1.12. The number of rotatable bonds is 5. The first-order valence-electron chi connectivity index (χ1n) is 4.57. The molecule has 0 saturated carbocycles. The third-order valence-electron chi connectivity index (χ3n) is 1.59. The van der Waals surface area contributed by atoms with Gasteiger partial charge in [-0.1, -0.05) is 11.8 Å². The van der Waals surface area contributed by atoms with Crippen LogP contribution in [0.4, 0.5) is 0 Å². The molecule has 0 unspecified atom stereocenters. The van der Waals surface area contributed by atoms with Crippen molar-refractivity contribution in [3.8, 4) is 6.19 Å². The Morgan fingerprint density at radius 2 is 2.62 bits per heavy atom. The van der Waals surface area contributed by atoms with Crippen molar-refractivity contribution in [2.75, 3.05) is 18.6 Å². The van der Waals surface area contributed by atoms with Gasteiger partial charge in [0.1, 0.15) is 0 Å². The van der Waals surface area contributed by atoms with Gasteiger partial charge in [0.25, 0.3) is 0 Å². The number of hydrogen-bond acceptors (Lipinski definition) is 6. The molecule has 1 heterocycles. The Bertz CT molecular complexity index is 355. The van der Waals surface area contributed by atoms with E-state index >= 15 is 0 Å². The fourth-order valence-corrected chi connectivity index (χ4v) is 2.63. The molecule has 7 heteroatoms. The van der Waals surface area contributed by atoms with Crippen molar-refractivity contribution >= 4 is 40.2 Å². The third kappa shape index (κ3) is 5.39. The van der Waals surface area contributed by atoms with Gasteiger partial charge in [0.2, 0.25) is 0 Å². The van der Waals surface area contributed by atoms with Gasteiger partial charge in [0.15, 0.2) is 11.4 Å². The van der Waals surface area contributed by atoms with Crippen LogP contribution in [0.25, 0.3) is 0 Å². The number of nitrogens with zero attached hydrogens (tertiary/aromatic N) is 3. The molecule has 1 aromatic heterocycles. The van der Waals surface area contributed by atoms with Crippen LogP contribution >= 0.6 is 35.1 Å². The van der Waals surface area contributed by atoms with Crippen molar-refractivity contribution in [1.29, 1.82) is 5.26 Å². The number of amidine groups is 1. The fourth-order valence-electron chi connectivity index (χ4n) is 0.903. The second kappa shape index (κ2) is 8.44. The topological polar surface area (TPSA) is 61.1 Å². The average molecular weight is 272 g/mol. The lowest BCUT2D eigenvalue weighted by Gasteiger charge is -1.99. The van der Waals surface area contributed by atoms with Crippen LogP contribution in [0.5, 0.6) is 0 Å². The van der Waals surface area contributed by atoms with Gasteiger partial charge in [0.05, 0.1) is 12.2 Å². The molecule has 0 saturated heterocycles. The van der Waals surface area contributed by atoms with Gasteiger partial charge in [-0.3, -0.25) is 10.3 Å². The Balaban J connectivity index is 2.13. The summed E-state index contributed by atoms with van der Waals surface area (Å²) in [6.45, 7) is 0.722. The minimum Gasteiger partial charge on any atom is -0.272 e. The average Bonchev–Trinajstić information content (AvgIpc) is 2.80. The van der Waals surface area contributed by atoms with E-state index < -0.39 is 0 Å². The number of aliphatic imine (C=N–C) groups is 1. The van der Waals surface area contributed by atoms with E-state index in [0.29, 0.717) is 5.17 Å². The summed E-state index contributed by atoms with van der Waals surface area (Å²) in [4.78, 5) is 4.26. The van der Waals surface area contributed by atoms with E-state index in [4.69, 9.17) is 5.26 Å². The molecule has 0 bridgehead atoms. The summed E-state index contributed by atoms with van der Waals surface area (Å²) in [5.74, 6) is 1.87. The molecule has 0 aromatic carbocycles. The summed E-state index contributed by atoms with van der Waals surface area (Å²) in [5, 5.41) is 13.6. The first kappa shape index (κ1) is 13.4. The summed E-state index contributed by atoms with van der Waals surface area (Å²) >= 11 is 4.72. The lowest BCUT2D eigenvalue weighted by molar-refractivity contribution is 1.12. The van der Waals surface area contributed by atoms with Gasteiger partial charge in [-0.15, -0.1) is 0 Å². The molecule has 0 radical (unpaired) electrons. The minimum atomic E-state index is 0.678. The summed E-state index contributed by atoms with van der Waals surface area (Å²) in [6, 6.07) is 2.03. The highest BCUT2D eigenvalue weighted by Crippen LogP contribution is 2.11. The Labute approximate surface area is 108 Å². The number of nitriles is 1. The largest absolute Gasteiger partial charge is 0.272 e. The SMILES string of the molecule is CSC(=NCCSCc1ccsn1)NC#N. The maximum Gasteiger partial charge on any atom is 0.183 e. The highest BCUT2D eigenvalue weighted by Gasteiger charge is 1.96. The summed E-state index contributed by atoms with van der Waals surface area (Å²) < 4.78 is 4.22. The monoisotopic (exact) mass is 272 g/mol. The van der Waals surface area contributed by atoms with Crippen LogP contribution in [-0.2, 0) is 5.75 Å². The van der Waals surface area contributed by atoms with Crippen LogP contribution < -0.4 is 5.32 Å². The van der Waals surface area contributed by atoms with Gasteiger partial charge >= 0.3 is 0 Å². The molecule has 0 spiro atoms. The van der Waals surface area contributed by atoms with Crippen LogP contribution in [0.15, 0.2) is 16.4 Å². The lowest BCUT2D eigenvalue weighted by atomic mass is 10.5. The molecule has 1 rings (SSSR count). The van der Waals surface area contributed by atoms with Gasteiger partial charge in [-0.05, 0) is 23.9 Å². The van der Waals surface area contributed by atoms with E-state index in [1.807, 2.05) is 23.9 Å². The van der Waals surface area contributed by atoms with E-state index in [1.165, 1.54) is 23.3 Å². The molecular formula is C9H12N4S3. The second-order valence-corrected chi connectivity index (χ2v) is 5.24. The molecule has 1 aromatic rings. The smallest absolute Gasteiger partial charge is 0.183 e. The molecule has 4 nitrogen and oxygen atoms in total. The van der Waals surface area contributed by atoms with E-state index in [-0.39, 0.29) is 0 Å². The van der Waals surface area contributed by atoms with Crippen LogP contribution in [-0.4, -0.2) is 28.1 Å². The molecule has 16 heavy (non-hydrogen) atoms.